The topological polar surface area (TPSA) is 103 Å². The van der Waals surface area contributed by atoms with Crippen molar-refractivity contribution in [2.75, 3.05) is 13.2 Å². The zero-order chi connectivity index (χ0) is 18.5. The third kappa shape index (κ3) is 3.98. The van der Waals surface area contributed by atoms with Crippen LogP contribution in [0.2, 0.25) is 0 Å². The second-order valence-corrected chi connectivity index (χ2v) is 5.48. The minimum atomic E-state index is -0.609. The van der Waals surface area contributed by atoms with Crippen LogP contribution in [0.3, 0.4) is 0 Å². The van der Waals surface area contributed by atoms with Gasteiger partial charge in [0.15, 0.2) is 0 Å². The largest absolute Gasteiger partial charge is 0.492 e. The molecular formula is C18H16FN3O4. The maximum absolute atomic E-state index is 13.2. The van der Waals surface area contributed by atoms with E-state index in [1.165, 1.54) is 24.3 Å². The third-order valence-electron chi connectivity index (χ3n) is 3.70. The fourth-order valence-corrected chi connectivity index (χ4v) is 2.42. The summed E-state index contributed by atoms with van der Waals surface area (Å²) in [5.41, 5.74) is 2.86. The lowest BCUT2D eigenvalue weighted by molar-refractivity contribution is 0.0706. The molecule has 0 fully saturated rings. The van der Waals surface area contributed by atoms with Crippen molar-refractivity contribution in [1.29, 1.82) is 0 Å². The number of hydrogen-bond acceptors (Lipinski definition) is 4. The van der Waals surface area contributed by atoms with E-state index in [1.807, 2.05) is 0 Å². The molecule has 2 aromatic carbocycles. The Balaban J connectivity index is 1.49. The van der Waals surface area contributed by atoms with Crippen LogP contribution < -0.4 is 15.5 Å². The number of carbonyl (C=O) groups is 2. The predicted molar refractivity (Wildman–Crippen MR) is 91.8 cm³/mol. The fraction of sp³-hybridized carbons (Fsp3) is 0.111. The quantitative estimate of drug-likeness (QED) is 0.309. The number of hydroxylamine groups is 1. The predicted octanol–water partition coefficient (Wildman–Crippen LogP) is 2.23. The average molecular weight is 357 g/mol. The molecular weight excluding hydrogens is 341 g/mol. The molecule has 0 radical (unpaired) electrons. The van der Waals surface area contributed by atoms with E-state index in [0.717, 1.165) is 0 Å². The second-order valence-electron chi connectivity index (χ2n) is 5.48. The van der Waals surface area contributed by atoms with Crippen molar-refractivity contribution in [3.05, 3.63) is 65.6 Å². The number of halogens is 1. The van der Waals surface area contributed by atoms with Crippen molar-refractivity contribution in [2.45, 2.75) is 0 Å². The minimum Gasteiger partial charge on any atom is -0.492 e. The average Bonchev–Trinajstić information content (AvgIpc) is 3.08. The summed E-state index contributed by atoms with van der Waals surface area (Å²) in [4.78, 5) is 26.2. The molecule has 8 heteroatoms. The van der Waals surface area contributed by atoms with Gasteiger partial charge >= 0.3 is 0 Å². The van der Waals surface area contributed by atoms with Crippen LogP contribution in [-0.4, -0.2) is 35.2 Å². The molecule has 0 aliphatic rings. The summed E-state index contributed by atoms with van der Waals surface area (Å²) in [7, 11) is 0. The maximum atomic E-state index is 13.2. The van der Waals surface area contributed by atoms with Gasteiger partial charge in [0.1, 0.15) is 23.9 Å². The SMILES string of the molecule is O=C(NO)c1ccc(OCCNC(=O)c2cc3cc(F)ccc3[nH]2)cc1. The number of fused-ring (bicyclic) bond motifs is 1. The molecule has 0 spiro atoms. The Hall–Kier alpha value is -3.39. The second kappa shape index (κ2) is 7.66. The zero-order valence-electron chi connectivity index (χ0n) is 13.6. The summed E-state index contributed by atoms with van der Waals surface area (Å²) in [5.74, 6) is -0.767. The van der Waals surface area contributed by atoms with Gasteiger partial charge < -0.3 is 15.0 Å². The number of H-pyrrole nitrogens is 1. The summed E-state index contributed by atoms with van der Waals surface area (Å²) in [5, 5.41) is 11.9. The first kappa shape index (κ1) is 17.4. The molecule has 2 amide bonds. The molecule has 1 aromatic heterocycles. The number of aromatic amines is 1. The van der Waals surface area contributed by atoms with Gasteiger partial charge in [-0.3, -0.25) is 14.8 Å². The Morgan fingerprint density at radius 1 is 1.08 bits per heavy atom. The molecule has 1 heterocycles. The normalized spacial score (nSPS) is 10.5. The smallest absolute Gasteiger partial charge is 0.274 e. The van der Waals surface area contributed by atoms with Crippen molar-refractivity contribution in [1.82, 2.24) is 15.8 Å². The molecule has 0 unspecified atom stereocenters. The van der Waals surface area contributed by atoms with Gasteiger partial charge in [0.25, 0.3) is 11.8 Å². The van der Waals surface area contributed by atoms with Crippen LogP contribution in [-0.2, 0) is 0 Å². The van der Waals surface area contributed by atoms with E-state index in [1.54, 1.807) is 29.7 Å². The monoisotopic (exact) mass is 357 g/mol. The Morgan fingerprint density at radius 2 is 1.85 bits per heavy atom. The van der Waals surface area contributed by atoms with Gasteiger partial charge in [-0.1, -0.05) is 0 Å². The lowest BCUT2D eigenvalue weighted by Crippen LogP contribution is -2.28. The van der Waals surface area contributed by atoms with Crippen LogP contribution in [0, 0.1) is 5.82 Å². The number of carbonyl (C=O) groups excluding carboxylic acids is 2. The standard InChI is InChI=1S/C18H16FN3O4/c19-13-3-6-15-12(9-13)10-16(21-15)18(24)20-7-8-26-14-4-1-11(2-5-14)17(23)22-25/h1-6,9-10,21,25H,7-8H2,(H,20,24)(H,22,23). The Labute approximate surface area is 147 Å². The summed E-state index contributed by atoms with van der Waals surface area (Å²) in [6, 6.07) is 12.0. The van der Waals surface area contributed by atoms with Gasteiger partial charge in [0.2, 0.25) is 0 Å². The van der Waals surface area contributed by atoms with Crippen molar-refractivity contribution >= 4 is 22.7 Å². The van der Waals surface area contributed by atoms with Gasteiger partial charge in [-0.15, -0.1) is 0 Å². The molecule has 4 N–H and O–H groups in total. The zero-order valence-corrected chi connectivity index (χ0v) is 13.6. The van der Waals surface area contributed by atoms with E-state index in [0.29, 0.717) is 27.9 Å². The van der Waals surface area contributed by atoms with Crippen molar-refractivity contribution < 1.29 is 23.9 Å². The van der Waals surface area contributed by atoms with Crippen LogP contribution in [0.25, 0.3) is 10.9 Å². The van der Waals surface area contributed by atoms with E-state index in [-0.39, 0.29) is 24.9 Å². The molecule has 134 valence electrons. The molecule has 0 atom stereocenters. The number of amides is 2. The van der Waals surface area contributed by atoms with Crippen molar-refractivity contribution in [2.24, 2.45) is 0 Å². The lowest BCUT2D eigenvalue weighted by Gasteiger charge is -2.07. The van der Waals surface area contributed by atoms with E-state index >= 15 is 0 Å². The summed E-state index contributed by atoms with van der Waals surface area (Å²) in [6.07, 6.45) is 0. The first-order valence-electron chi connectivity index (χ1n) is 7.80. The van der Waals surface area contributed by atoms with Gasteiger partial charge in [0.05, 0.1) is 6.54 Å². The van der Waals surface area contributed by atoms with E-state index in [4.69, 9.17) is 9.94 Å². The highest BCUT2D eigenvalue weighted by atomic mass is 19.1. The molecule has 0 aliphatic carbocycles. The number of hydrogen-bond donors (Lipinski definition) is 4. The molecule has 7 nitrogen and oxygen atoms in total. The first-order chi connectivity index (χ1) is 12.6. The van der Waals surface area contributed by atoms with Crippen LogP contribution in [0.1, 0.15) is 20.8 Å². The Bertz CT molecular complexity index is 937. The van der Waals surface area contributed by atoms with Crippen LogP contribution in [0.4, 0.5) is 4.39 Å². The molecule has 3 aromatic rings. The fourth-order valence-electron chi connectivity index (χ4n) is 2.42. The number of ether oxygens (including phenoxy) is 1. The van der Waals surface area contributed by atoms with Crippen molar-refractivity contribution in [3.63, 3.8) is 0 Å². The van der Waals surface area contributed by atoms with Gasteiger partial charge in [-0.2, -0.15) is 0 Å². The highest BCUT2D eigenvalue weighted by Crippen LogP contribution is 2.16. The number of nitrogens with one attached hydrogen (secondary N) is 3. The number of benzene rings is 2. The Kier molecular flexibility index (Phi) is 5.14. The molecule has 0 aliphatic heterocycles. The number of rotatable bonds is 6. The van der Waals surface area contributed by atoms with Crippen LogP contribution >= 0.6 is 0 Å². The van der Waals surface area contributed by atoms with E-state index in [9.17, 15) is 14.0 Å². The molecule has 0 saturated carbocycles. The van der Waals surface area contributed by atoms with E-state index < -0.39 is 5.91 Å². The summed E-state index contributed by atoms with van der Waals surface area (Å²) < 4.78 is 18.6. The highest BCUT2D eigenvalue weighted by molar-refractivity contribution is 5.98. The summed E-state index contributed by atoms with van der Waals surface area (Å²) >= 11 is 0. The van der Waals surface area contributed by atoms with Gasteiger partial charge in [-0.05, 0) is 48.5 Å². The molecule has 26 heavy (non-hydrogen) atoms. The first-order valence-corrected chi connectivity index (χ1v) is 7.80. The Morgan fingerprint density at radius 3 is 2.58 bits per heavy atom. The maximum Gasteiger partial charge on any atom is 0.274 e. The lowest BCUT2D eigenvalue weighted by atomic mass is 10.2. The summed E-state index contributed by atoms with van der Waals surface area (Å²) in [6.45, 7) is 0.494. The van der Waals surface area contributed by atoms with Gasteiger partial charge in [0, 0.05) is 16.5 Å². The molecule has 0 saturated heterocycles. The highest BCUT2D eigenvalue weighted by Gasteiger charge is 2.09. The van der Waals surface area contributed by atoms with Crippen molar-refractivity contribution in [3.8, 4) is 5.75 Å². The molecule has 3 rings (SSSR count). The number of aromatic nitrogens is 1. The van der Waals surface area contributed by atoms with Crippen LogP contribution in [0.5, 0.6) is 5.75 Å². The third-order valence-corrected chi connectivity index (χ3v) is 3.70. The van der Waals surface area contributed by atoms with Crippen LogP contribution in [0.15, 0.2) is 48.5 Å². The van der Waals surface area contributed by atoms with Gasteiger partial charge in [-0.25, -0.2) is 9.87 Å². The molecule has 0 bridgehead atoms. The minimum absolute atomic E-state index is 0.228. The van der Waals surface area contributed by atoms with E-state index in [2.05, 4.69) is 10.3 Å².